The molecule has 3 heteroatoms. The van der Waals surface area contributed by atoms with Crippen LogP contribution in [0.5, 0.6) is 0 Å². The van der Waals surface area contributed by atoms with E-state index in [1.54, 1.807) is 11.3 Å². The van der Waals surface area contributed by atoms with Crippen LogP contribution in [0.3, 0.4) is 0 Å². The van der Waals surface area contributed by atoms with Gasteiger partial charge in [0.25, 0.3) is 0 Å². The molecule has 0 saturated carbocycles. The highest BCUT2D eigenvalue weighted by Crippen LogP contribution is 2.24. The summed E-state index contributed by atoms with van der Waals surface area (Å²) in [6, 6.07) is 2.58. The van der Waals surface area contributed by atoms with E-state index in [2.05, 4.69) is 30.7 Å². The Bertz CT molecular complexity index is 283. The van der Waals surface area contributed by atoms with Crippen molar-refractivity contribution >= 4 is 11.3 Å². The lowest BCUT2D eigenvalue weighted by atomic mass is 10.0. The second-order valence-electron chi connectivity index (χ2n) is 4.41. The molecule has 0 radical (unpaired) electrons. The number of nitrogens with two attached hydrogens (primary N) is 1. The van der Waals surface area contributed by atoms with Crippen LogP contribution in [-0.4, -0.2) is 0 Å². The lowest BCUT2D eigenvalue weighted by Crippen LogP contribution is -2.27. The maximum atomic E-state index is 5.61. The highest BCUT2D eigenvalue weighted by Gasteiger charge is 2.10. The molecule has 1 aromatic heterocycles. The van der Waals surface area contributed by atoms with Gasteiger partial charge in [0.05, 0.1) is 0 Å². The summed E-state index contributed by atoms with van der Waals surface area (Å²) in [5.74, 6) is 5.61. The average molecular weight is 240 g/mol. The fourth-order valence-electron chi connectivity index (χ4n) is 1.94. The van der Waals surface area contributed by atoms with Crippen LogP contribution in [-0.2, 0) is 0 Å². The predicted molar refractivity (Wildman–Crippen MR) is 72.5 cm³/mol. The Labute approximate surface area is 103 Å². The van der Waals surface area contributed by atoms with Crippen LogP contribution >= 0.6 is 11.3 Å². The number of hydrogen-bond acceptors (Lipinski definition) is 3. The van der Waals surface area contributed by atoms with Gasteiger partial charge in [-0.3, -0.25) is 11.3 Å². The van der Waals surface area contributed by atoms with E-state index in [0.29, 0.717) is 6.04 Å². The minimum atomic E-state index is 0.339. The molecular weight excluding hydrogens is 216 g/mol. The molecule has 0 spiro atoms. The molecule has 0 saturated heterocycles. The van der Waals surface area contributed by atoms with Gasteiger partial charge in [0.2, 0.25) is 0 Å². The topological polar surface area (TPSA) is 38.0 Å². The molecular formula is C13H24N2S. The molecule has 1 heterocycles. The van der Waals surface area contributed by atoms with E-state index in [9.17, 15) is 0 Å². The van der Waals surface area contributed by atoms with Crippen LogP contribution < -0.4 is 11.3 Å². The van der Waals surface area contributed by atoms with E-state index in [-0.39, 0.29) is 0 Å². The molecule has 0 aliphatic carbocycles. The summed E-state index contributed by atoms with van der Waals surface area (Å²) < 4.78 is 0. The molecule has 1 unspecified atom stereocenters. The van der Waals surface area contributed by atoms with Crippen molar-refractivity contribution in [2.75, 3.05) is 0 Å². The van der Waals surface area contributed by atoms with Crippen molar-refractivity contribution in [2.24, 2.45) is 5.84 Å². The molecule has 0 aliphatic rings. The van der Waals surface area contributed by atoms with Gasteiger partial charge < -0.3 is 0 Å². The Morgan fingerprint density at radius 1 is 1.31 bits per heavy atom. The first-order valence-corrected chi connectivity index (χ1v) is 7.17. The van der Waals surface area contributed by atoms with E-state index in [1.165, 1.54) is 42.5 Å². The minimum absolute atomic E-state index is 0.339. The van der Waals surface area contributed by atoms with Crippen molar-refractivity contribution in [1.82, 2.24) is 5.43 Å². The summed E-state index contributed by atoms with van der Waals surface area (Å²) in [5, 5.41) is 2.21. The number of hydrogen-bond donors (Lipinski definition) is 2. The molecule has 1 atom stereocenters. The number of thiophene rings is 1. The summed E-state index contributed by atoms with van der Waals surface area (Å²) >= 11 is 1.80. The molecule has 0 aromatic carbocycles. The molecule has 3 N–H and O–H groups in total. The van der Waals surface area contributed by atoms with Crippen molar-refractivity contribution in [3.05, 3.63) is 21.9 Å². The quantitative estimate of drug-likeness (QED) is 0.410. The van der Waals surface area contributed by atoms with Gasteiger partial charge in [-0.25, -0.2) is 0 Å². The second-order valence-corrected chi connectivity index (χ2v) is 5.53. The van der Waals surface area contributed by atoms with Gasteiger partial charge in [-0.1, -0.05) is 39.0 Å². The predicted octanol–water partition coefficient (Wildman–Crippen LogP) is 3.92. The highest BCUT2D eigenvalue weighted by atomic mass is 32.1. The molecule has 92 valence electrons. The Hall–Kier alpha value is -0.380. The summed E-state index contributed by atoms with van der Waals surface area (Å²) in [6.07, 6.45) is 7.77. The Balaban J connectivity index is 2.27. The third-order valence-corrected chi connectivity index (χ3v) is 3.83. The zero-order valence-corrected chi connectivity index (χ0v) is 11.3. The van der Waals surface area contributed by atoms with Gasteiger partial charge in [0.1, 0.15) is 0 Å². The highest BCUT2D eigenvalue weighted by molar-refractivity contribution is 7.10. The fourth-order valence-corrected chi connectivity index (χ4v) is 2.70. The number of unbranched alkanes of at least 4 members (excludes halogenated alkanes) is 4. The number of hydrazine groups is 1. The van der Waals surface area contributed by atoms with Gasteiger partial charge in [-0.05, 0) is 30.4 Å². The second kappa shape index (κ2) is 7.82. The van der Waals surface area contributed by atoms with E-state index in [1.807, 2.05) is 0 Å². The normalized spacial score (nSPS) is 12.9. The largest absolute Gasteiger partial charge is 0.271 e. The Morgan fingerprint density at radius 3 is 2.62 bits per heavy atom. The van der Waals surface area contributed by atoms with Gasteiger partial charge in [-0.2, -0.15) is 0 Å². The minimum Gasteiger partial charge on any atom is -0.271 e. The SMILES string of the molecule is CCCCCCCC(NN)c1csc(C)c1. The van der Waals surface area contributed by atoms with Crippen molar-refractivity contribution < 1.29 is 0 Å². The summed E-state index contributed by atoms with van der Waals surface area (Å²) in [7, 11) is 0. The van der Waals surface area contributed by atoms with Crippen molar-refractivity contribution in [2.45, 2.75) is 58.4 Å². The summed E-state index contributed by atoms with van der Waals surface area (Å²) in [6.45, 7) is 4.39. The van der Waals surface area contributed by atoms with Crippen LogP contribution in [0.1, 0.15) is 61.9 Å². The maximum absolute atomic E-state index is 5.61. The lowest BCUT2D eigenvalue weighted by Gasteiger charge is -2.14. The van der Waals surface area contributed by atoms with Gasteiger partial charge >= 0.3 is 0 Å². The Morgan fingerprint density at radius 2 is 2.06 bits per heavy atom. The first-order chi connectivity index (χ1) is 7.77. The van der Waals surface area contributed by atoms with E-state index in [4.69, 9.17) is 5.84 Å². The molecule has 2 nitrogen and oxygen atoms in total. The standard InChI is InChI=1S/C13H24N2S/c1-3-4-5-6-7-8-13(15-14)12-9-11(2)16-10-12/h9-10,13,15H,3-8,14H2,1-2H3. The molecule has 0 fully saturated rings. The lowest BCUT2D eigenvalue weighted by molar-refractivity contribution is 0.480. The number of rotatable bonds is 8. The van der Waals surface area contributed by atoms with Crippen molar-refractivity contribution in [3.8, 4) is 0 Å². The van der Waals surface area contributed by atoms with E-state index < -0.39 is 0 Å². The third kappa shape index (κ3) is 4.64. The van der Waals surface area contributed by atoms with Crippen LogP contribution in [0.25, 0.3) is 0 Å². The molecule has 0 bridgehead atoms. The first-order valence-electron chi connectivity index (χ1n) is 6.29. The van der Waals surface area contributed by atoms with E-state index in [0.717, 1.165) is 6.42 Å². The van der Waals surface area contributed by atoms with Crippen molar-refractivity contribution in [1.29, 1.82) is 0 Å². The molecule has 1 aromatic rings. The summed E-state index contributed by atoms with van der Waals surface area (Å²) in [4.78, 5) is 1.36. The third-order valence-electron chi connectivity index (χ3n) is 2.95. The molecule has 0 aliphatic heterocycles. The van der Waals surface area contributed by atoms with Gasteiger partial charge in [0.15, 0.2) is 0 Å². The number of aryl methyl sites for hydroxylation is 1. The average Bonchev–Trinajstić information content (AvgIpc) is 2.70. The zero-order valence-electron chi connectivity index (χ0n) is 10.5. The monoisotopic (exact) mass is 240 g/mol. The number of nitrogens with one attached hydrogen (secondary N) is 1. The molecule has 16 heavy (non-hydrogen) atoms. The van der Waals surface area contributed by atoms with Crippen LogP contribution in [0.15, 0.2) is 11.4 Å². The van der Waals surface area contributed by atoms with Crippen LogP contribution in [0.2, 0.25) is 0 Å². The fraction of sp³-hybridized carbons (Fsp3) is 0.692. The van der Waals surface area contributed by atoms with Gasteiger partial charge in [0, 0.05) is 10.9 Å². The van der Waals surface area contributed by atoms with Gasteiger partial charge in [-0.15, -0.1) is 11.3 Å². The first kappa shape index (κ1) is 13.7. The zero-order chi connectivity index (χ0) is 11.8. The Kier molecular flexibility index (Phi) is 6.69. The summed E-state index contributed by atoms with van der Waals surface area (Å²) in [5.41, 5.74) is 4.28. The molecule has 0 amide bonds. The molecule has 1 rings (SSSR count). The van der Waals surface area contributed by atoms with E-state index >= 15 is 0 Å². The van der Waals surface area contributed by atoms with Crippen molar-refractivity contribution in [3.63, 3.8) is 0 Å². The van der Waals surface area contributed by atoms with Crippen LogP contribution in [0, 0.1) is 6.92 Å². The van der Waals surface area contributed by atoms with Crippen LogP contribution in [0.4, 0.5) is 0 Å². The maximum Gasteiger partial charge on any atom is 0.0468 e. The smallest absolute Gasteiger partial charge is 0.0468 e.